The third-order valence-corrected chi connectivity index (χ3v) is 9.65. The number of esters is 1. The fourth-order valence-corrected chi connectivity index (χ4v) is 6.97. The zero-order valence-electron chi connectivity index (χ0n) is 27.4. The van der Waals surface area contributed by atoms with E-state index in [2.05, 4.69) is 16.0 Å². The smallest absolute Gasteiger partial charge is 0.345 e. The molecule has 1 saturated heterocycles. The van der Waals surface area contributed by atoms with E-state index in [0.29, 0.717) is 44.3 Å². The van der Waals surface area contributed by atoms with E-state index in [1.165, 1.54) is 20.1 Å². The van der Waals surface area contributed by atoms with Crippen molar-refractivity contribution in [1.29, 1.82) is 0 Å². The highest BCUT2D eigenvalue weighted by molar-refractivity contribution is 7.90. The van der Waals surface area contributed by atoms with Gasteiger partial charge in [-0.15, -0.1) is 0 Å². The predicted octanol–water partition coefficient (Wildman–Crippen LogP) is 2.29. The molecule has 4 rings (SSSR count). The Labute approximate surface area is 285 Å². The highest BCUT2D eigenvalue weighted by atomic mass is 32.2. The van der Waals surface area contributed by atoms with E-state index in [0.717, 1.165) is 11.1 Å². The third kappa shape index (κ3) is 10.8. The zero-order valence-corrected chi connectivity index (χ0v) is 28.3. The van der Waals surface area contributed by atoms with Gasteiger partial charge in [-0.1, -0.05) is 60.7 Å². The molecule has 3 aromatic carbocycles. The topological polar surface area (TPSA) is 189 Å². The summed E-state index contributed by atoms with van der Waals surface area (Å²) in [5.74, 6) is -1.91. The minimum absolute atomic E-state index is 0.0328. The molecule has 14 heteroatoms. The largest absolute Gasteiger partial charge is 0.507 e. The molecule has 3 aromatic rings. The molecule has 1 fully saturated rings. The van der Waals surface area contributed by atoms with Gasteiger partial charge >= 0.3 is 5.97 Å². The number of hydrogen-bond donors (Lipinski definition) is 5. The summed E-state index contributed by atoms with van der Waals surface area (Å²) >= 11 is 0. The first kappa shape index (κ1) is 36.9. The first-order valence-electron chi connectivity index (χ1n) is 15.9. The number of rotatable bonds is 17. The van der Waals surface area contributed by atoms with Gasteiger partial charge in [-0.2, -0.15) is 0 Å². The molecule has 0 radical (unpaired) electrons. The van der Waals surface area contributed by atoms with Crippen LogP contribution in [0.3, 0.4) is 0 Å². The number of sulfonamides is 1. The first-order valence-corrected chi connectivity index (χ1v) is 17.5. The van der Waals surface area contributed by atoms with Crippen LogP contribution in [0.25, 0.3) is 0 Å². The lowest BCUT2D eigenvalue weighted by molar-refractivity contribution is -0.128. The lowest BCUT2D eigenvalue weighted by Crippen LogP contribution is -2.53. The van der Waals surface area contributed by atoms with Gasteiger partial charge in [0.05, 0.1) is 20.1 Å². The summed E-state index contributed by atoms with van der Waals surface area (Å²) in [6.45, 7) is 2.62. The van der Waals surface area contributed by atoms with Gasteiger partial charge in [0.2, 0.25) is 27.7 Å². The summed E-state index contributed by atoms with van der Waals surface area (Å²) in [6, 6.07) is 19.6. The number of unbranched alkanes of at least 4 members (excludes halogenated alkanes) is 1. The molecule has 5 N–H and O–H groups in total. The molecular formula is C35H42N4O9S. The Morgan fingerprint density at radius 1 is 0.939 bits per heavy atom. The van der Waals surface area contributed by atoms with Crippen molar-refractivity contribution in [2.45, 2.75) is 56.4 Å². The van der Waals surface area contributed by atoms with E-state index in [4.69, 9.17) is 9.47 Å². The van der Waals surface area contributed by atoms with Gasteiger partial charge in [0, 0.05) is 25.9 Å². The second kappa shape index (κ2) is 17.4. The van der Waals surface area contributed by atoms with Crippen LogP contribution >= 0.6 is 0 Å². The van der Waals surface area contributed by atoms with Crippen LogP contribution in [0.2, 0.25) is 0 Å². The Hall–Kier alpha value is -4.95. The highest BCUT2D eigenvalue weighted by Gasteiger charge is 2.37. The molecule has 1 aliphatic rings. The Morgan fingerprint density at radius 3 is 2.31 bits per heavy atom. The van der Waals surface area contributed by atoms with E-state index in [1.807, 2.05) is 35.1 Å². The number of ether oxygens (including phenoxy) is 2. The quantitative estimate of drug-likeness (QED) is 0.104. The maximum absolute atomic E-state index is 13.5. The van der Waals surface area contributed by atoms with Crippen LogP contribution in [0.4, 0.5) is 0 Å². The van der Waals surface area contributed by atoms with E-state index in [-0.39, 0.29) is 41.9 Å². The average molecular weight is 695 g/mol. The van der Waals surface area contributed by atoms with Gasteiger partial charge in [0.25, 0.3) is 0 Å². The van der Waals surface area contributed by atoms with Gasteiger partial charge in [-0.25, -0.2) is 13.2 Å². The molecule has 262 valence electrons. The Morgan fingerprint density at radius 2 is 1.65 bits per heavy atom. The third-order valence-electron chi connectivity index (χ3n) is 7.95. The number of benzene rings is 3. The van der Waals surface area contributed by atoms with E-state index >= 15 is 0 Å². The van der Waals surface area contributed by atoms with Crippen LogP contribution in [0.5, 0.6) is 11.5 Å². The lowest BCUT2D eigenvalue weighted by atomic mass is 10.0. The van der Waals surface area contributed by atoms with Crippen LogP contribution in [-0.4, -0.2) is 76.1 Å². The fraction of sp³-hybridized carbons (Fsp3) is 0.371. The Bertz CT molecular complexity index is 1720. The van der Waals surface area contributed by atoms with Crippen LogP contribution in [-0.2, 0) is 42.0 Å². The second-order valence-electron chi connectivity index (χ2n) is 11.8. The summed E-state index contributed by atoms with van der Waals surface area (Å²) in [4.78, 5) is 49.3. The zero-order chi connectivity index (χ0) is 35.4. The number of hydrogen-bond acceptors (Lipinski definition) is 10. The molecule has 0 saturated carbocycles. The van der Waals surface area contributed by atoms with Crippen LogP contribution < -0.4 is 25.4 Å². The van der Waals surface area contributed by atoms with Gasteiger partial charge in [-0.3, -0.25) is 19.1 Å². The van der Waals surface area contributed by atoms with Crippen molar-refractivity contribution in [3.63, 3.8) is 0 Å². The number of nitrogens with one attached hydrogen (secondary N) is 4. The van der Waals surface area contributed by atoms with Gasteiger partial charge < -0.3 is 30.5 Å². The van der Waals surface area contributed by atoms with Crippen molar-refractivity contribution in [3.8, 4) is 11.5 Å². The van der Waals surface area contributed by atoms with Crippen LogP contribution in [0.15, 0.2) is 72.8 Å². The van der Waals surface area contributed by atoms with Crippen molar-refractivity contribution in [1.82, 2.24) is 20.7 Å². The number of methoxy groups -OCH3 is 1. The fourth-order valence-electron chi connectivity index (χ4n) is 5.54. The SMILES string of the molecule is COC(=O)c1c(O)cccc1OCCCCNC[C@H](Cc1ccc(C2CC(=O)NS2(=O)=O)cc1)NC(=O)[C@H](Cc1ccccc1)NC(C)=O. The molecule has 49 heavy (non-hydrogen) atoms. The first-order chi connectivity index (χ1) is 23.5. The summed E-state index contributed by atoms with van der Waals surface area (Å²) in [5.41, 5.74) is 2.20. The molecular weight excluding hydrogens is 652 g/mol. The number of carbonyl (C=O) groups excluding carboxylic acids is 4. The predicted molar refractivity (Wildman–Crippen MR) is 181 cm³/mol. The van der Waals surface area contributed by atoms with Crippen LogP contribution in [0, 0.1) is 0 Å². The number of phenolic OH excluding ortho intramolecular Hbond substituents is 1. The highest BCUT2D eigenvalue weighted by Crippen LogP contribution is 2.30. The van der Waals surface area contributed by atoms with E-state index in [1.54, 1.807) is 36.4 Å². The van der Waals surface area contributed by atoms with Crippen molar-refractivity contribution in [2.75, 3.05) is 26.8 Å². The number of aromatic hydroxyl groups is 1. The van der Waals surface area contributed by atoms with Gasteiger partial charge in [0.1, 0.15) is 28.4 Å². The Balaban J connectivity index is 1.38. The van der Waals surface area contributed by atoms with Gasteiger partial charge in [0.15, 0.2) is 0 Å². The van der Waals surface area contributed by atoms with Gasteiger partial charge in [-0.05, 0) is 54.6 Å². The van der Waals surface area contributed by atoms with E-state index in [9.17, 15) is 32.7 Å². The van der Waals surface area contributed by atoms with Crippen LogP contribution in [0.1, 0.15) is 58.5 Å². The molecule has 0 aromatic heterocycles. The molecule has 3 atom stereocenters. The molecule has 13 nitrogen and oxygen atoms in total. The number of phenols is 1. The number of amides is 3. The molecule has 1 unspecified atom stereocenters. The lowest BCUT2D eigenvalue weighted by Gasteiger charge is -2.24. The normalized spacial score (nSPS) is 16.2. The Kier molecular flexibility index (Phi) is 13.1. The minimum atomic E-state index is -3.78. The summed E-state index contributed by atoms with van der Waals surface area (Å²) < 4.78 is 37.1. The molecule has 1 heterocycles. The summed E-state index contributed by atoms with van der Waals surface area (Å²) in [7, 11) is -2.55. The maximum Gasteiger partial charge on any atom is 0.345 e. The van der Waals surface area contributed by atoms with Crippen molar-refractivity contribution in [2.24, 2.45) is 0 Å². The van der Waals surface area contributed by atoms with Crippen molar-refractivity contribution in [3.05, 3.63) is 95.1 Å². The summed E-state index contributed by atoms with van der Waals surface area (Å²) in [5, 5.41) is 18.3. The minimum Gasteiger partial charge on any atom is -0.507 e. The van der Waals surface area contributed by atoms with Crippen molar-refractivity contribution < 1.29 is 42.2 Å². The molecule has 0 bridgehead atoms. The molecule has 0 spiro atoms. The molecule has 3 amide bonds. The molecule has 1 aliphatic heterocycles. The average Bonchev–Trinajstić information content (AvgIpc) is 3.35. The summed E-state index contributed by atoms with van der Waals surface area (Å²) in [6.07, 6.45) is 1.91. The molecule has 0 aliphatic carbocycles. The maximum atomic E-state index is 13.5. The number of carbonyl (C=O) groups is 4. The van der Waals surface area contributed by atoms with E-state index < -0.39 is 39.2 Å². The monoisotopic (exact) mass is 694 g/mol. The van der Waals surface area contributed by atoms with Crippen molar-refractivity contribution >= 4 is 33.7 Å². The second-order valence-corrected chi connectivity index (χ2v) is 13.6. The standard InChI is InChI=1S/C35H42N4O9S/c1-23(40)37-28(20-24-9-4-3-5-10-24)34(43)38-27(19-25-13-15-26(16-14-25)31-21-32(42)39-49(31,45)46)22-36-17-6-7-18-48-30-12-8-11-29(41)33(30)35(44)47-2/h3-5,8-16,27-28,31,36,41H,6-7,17-22H2,1-2H3,(H,37,40)(H,38,43)(H,39,42)/t27-,28-,31?/m0/s1.